The molecule has 0 bridgehead atoms. The summed E-state index contributed by atoms with van der Waals surface area (Å²) in [6, 6.07) is 6.29. The molecule has 0 unspecified atom stereocenters. The van der Waals surface area contributed by atoms with E-state index in [2.05, 4.69) is 12.0 Å². The molecule has 0 spiro atoms. The topological polar surface area (TPSA) is 58.7 Å². The number of Topliss-reactive ketones (excluding diaryl/α,β-unsaturated/α-hetero) is 1. The van der Waals surface area contributed by atoms with Gasteiger partial charge in [-0.2, -0.15) is 5.10 Å². The number of nitrogens with zero attached hydrogens (tertiary/aromatic N) is 2. The Morgan fingerprint density at radius 3 is 2.52 bits per heavy atom. The summed E-state index contributed by atoms with van der Waals surface area (Å²) in [4.78, 5) is 12.1. The van der Waals surface area contributed by atoms with Gasteiger partial charge in [-0.1, -0.05) is 63.4 Å². The third-order valence-electron chi connectivity index (χ3n) is 3.97. The van der Waals surface area contributed by atoms with Crippen molar-refractivity contribution in [3.8, 4) is 0 Å². The van der Waals surface area contributed by atoms with Gasteiger partial charge in [0.15, 0.2) is 5.78 Å². The molecule has 6 heteroatoms. The summed E-state index contributed by atoms with van der Waals surface area (Å²) >= 11 is 6.16. The van der Waals surface area contributed by atoms with E-state index in [1.807, 2.05) is 0 Å². The Kier molecular flexibility index (Phi) is 6.48. The minimum absolute atomic E-state index is 0.109. The molecular weight excluding hydrogens is 341 g/mol. The zero-order valence-electron chi connectivity index (χ0n) is 14.7. The number of carbonyl (C=O) groups is 1. The first-order valence-electron chi connectivity index (χ1n) is 8.39. The minimum Gasteiger partial charge on any atom is -0.308 e. The number of halogens is 2. The Hall–Kier alpha value is -2.01. The van der Waals surface area contributed by atoms with E-state index in [1.54, 1.807) is 32.0 Å². The molecule has 1 aliphatic rings. The van der Waals surface area contributed by atoms with Crippen LogP contribution >= 0.6 is 11.6 Å². The third kappa shape index (κ3) is 4.98. The molecule has 4 nitrogen and oxygen atoms in total. The van der Waals surface area contributed by atoms with E-state index in [1.165, 1.54) is 23.6 Å². The normalized spacial score (nSPS) is 13.4. The SMILES string of the molecule is CC(C)C(=O)c1nn(Cc2ccccc2F)c(Cl)c1C=N.CC1CC1. The summed E-state index contributed by atoms with van der Waals surface area (Å²) in [7, 11) is 0. The van der Waals surface area contributed by atoms with Crippen molar-refractivity contribution >= 4 is 23.6 Å². The second-order valence-corrected chi connectivity index (χ2v) is 7.01. The highest BCUT2D eigenvalue weighted by Crippen LogP contribution is 2.26. The molecular formula is C19H23ClFN3O. The maximum absolute atomic E-state index is 13.7. The lowest BCUT2D eigenvalue weighted by molar-refractivity contribution is 0.0933. The molecule has 0 saturated heterocycles. The molecule has 0 amide bonds. The fourth-order valence-electron chi connectivity index (χ4n) is 2.10. The predicted molar refractivity (Wildman–Crippen MR) is 98.2 cm³/mol. The van der Waals surface area contributed by atoms with Crippen LogP contribution in [0.25, 0.3) is 0 Å². The van der Waals surface area contributed by atoms with Crippen molar-refractivity contribution in [2.75, 3.05) is 0 Å². The second-order valence-electron chi connectivity index (χ2n) is 6.65. The van der Waals surface area contributed by atoms with Crippen LogP contribution in [0.4, 0.5) is 4.39 Å². The van der Waals surface area contributed by atoms with E-state index < -0.39 is 0 Å². The highest BCUT2D eigenvalue weighted by molar-refractivity contribution is 6.33. The van der Waals surface area contributed by atoms with Gasteiger partial charge in [0, 0.05) is 17.7 Å². The lowest BCUT2D eigenvalue weighted by atomic mass is 10.0. The van der Waals surface area contributed by atoms with Crippen LogP contribution in [-0.4, -0.2) is 21.8 Å². The predicted octanol–water partition coefficient (Wildman–Crippen LogP) is 4.98. The number of carbonyl (C=O) groups excluding carboxylic acids is 1. The van der Waals surface area contributed by atoms with Crippen LogP contribution in [0.5, 0.6) is 0 Å². The number of hydrogen-bond donors (Lipinski definition) is 1. The van der Waals surface area contributed by atoms with Crippen LogP contribution in [0, 0.1) is 23.1 Å². The van der Waals surface area contributed by atoms with Gasteiger partial charge in [-0.05, 0) is 12.0 Å². The minimum atomic E-state index is -0.364. The Labute approximate surface area is 152 Å². The van der Waals surface area contributed by atoms with Gasteiger partial charge in [-0.25, -0.2) is 9.07 Å². The Balaban J connectivity index is 0.000000493. The third-order valence-corrected chi connectivity index (χ3v) is 4.37. The number of ketones is 1. The van der Waals surface area contributed by atoms with Gasteiger partial charge in [0.25, 0.3) is 0 Å². The second kappa shape index (κ2) is 8.39. The summed E-state index contributed by atoms with van der Waals surface area (Å²) in [6.07, 6.45) is 3.97. The quantitative estimate of drug-likeness (QED) is 0.601. The van der Waals surface area contributed by atoms with Crippen LogP contribution in [0.15, 0.2) is 24.3 Å². The maximum Gasteiger partial charge on any atom is 0.186 e. The molecule has 3 rings (SSSR count). The number of nitrogens with one attached hydrogen (secondary N) is 1. The molecule has 134 valence electrons. The van der Waals surface area contributed by atoms with Gasteiger partial charge in [0.05, 0.1) is 12.1 Å². The van der Waals surface area contributed by atoms with Crippen LogP contribution in [0.2, 0.25) is 5.15 Å². The van der Waals surface area contributed by atoms with E-state index in [4.69, 9.17) is 17.0 Å². The van der Waals surface area contributed by atoms with Gasteiger partial charge in [-0.3, -0.25) is 4.79 Å². The first kappa shape index (κ1) is 19.3. The zero-order valence-corrected chi connectivity index (χ0v) is 15.5. The average molecular weight is 364 g/mol. The zero-order chi connectivity index (χ0) is 18.6. The number of rotatable bonds is 5. The van der Waals surface area contributed by atoms with E-state index in [0.29, 0.717) is 5.56 Å². The summed E-state index contributed by atoms with van der Waals surface area (Å²) in [5.74, 6) is 0.275. The number of benzene rings is 1. The molecule has 1 fully saturated rings. The molecule has 1 aromatic carbocycles. The number of hydrogen-bond acceptors (Lipinski definition) is 3. The van der Waals surface area contributed by atoms with Crippen molar-refractivity contribution in [1.29, 1.82) is 5.41 Å². The Morgan fingerprint density at radius 2 is 2.04 bits per heavy atom. The fraction of sp³-hybridized carbons (Fsp3) is 0.421. The van der Waals surface area contributed by atoms with Crippen molar-refractivity contribution in [1.82, 2.24) is 9.78 Å². The Bertz CT molecular complexity index is 766. The molecule has 1 aromatic heterocycles. The molecule has 1 saturated carbocycles. The fourth-order valence-corrected chi connectivity index (χ4v) is 2.34. The van der Waals surface area contributed by atoms with Crippen molar-refractivity contribution in [2.24, 2.45) is 11.8 Å². The monoisotopic (exact) mass is 363 g/mol. The lowest BCUT2D eigenvalue weighted by Crippen LogP contribution is -2.11. The van der Waals surface area contributed by atoms with Crippen LogP contribution < -0.4 is 0 Å². The van der Waals surface area contributed by atoms with Gasteiger partial charge >= 0.3 is 0 Å². The molecule has 1 heterocycles. The average Bonchev–Trinajstić information content (AvgIpc) is 3.30. The van der Waals surface area contributed by atoms with Gasteiger partial charge in [0.2, 0.25) is 0 Å². The first-order valence-corrected chi connectivity index (χ1v) is 8.77. The molecule has 2 aromatic rings. The highest BCUT2D eigenvalue weighted by atomic mass is 35.5. The molecule has 1 aliphatic carbocycles. The van der Waals surface area contributed by atoms with Crippen LogP contribution in [0.1, 0.15) is 55.2 Å². The van der Waals surface area contributed by atoms with Crippen molar-refractivity contribution in [3.05, 3.63) is 52.1 Å². The van der Waals surface area contributed by atoms with Gasteiger partial charge in [-0.15, -0.1) is 0 Å². The summed E-state index contributed by atoms with van der Waals surface area (Å²) < 4.78 is 15.0. The molecule has 25 heavy (non-hydrogen) atoms. The van der Waals surface area contributed by atoms with Crippen molar-refractivity contribution < 1.29 is 9.18 Å². The lowest BCUT2D eigenvalue weighted by Gasteiger charge is -2.04. The summed E-state index contributed by atoms with van der Waals surface area (Å²) in [6.45, 7) is 5.89. The largest absolute Gasteiger partial charge is 0.308 e. The van der Waals surface area contributed by atoms with E-state index in [-0.39, 0.29) is 40.5 Å². The highest BCUT2D eigenvalue weighted by Gasteiger charge is 2.23. The first-order chi connectivity index (χ1) is 11.8. The molecule has 1 N–H and O–H groups in total. The standard InChI is InChI=1S/C15H15ClFN3O.C4H8/c1-9(2)14(21)13-11(7-18)15(16)20(19-13)8-10-5-3-4-6-12(10)17;1-4-2-3-4/h3-7,9,18H,8H2,1-2H3;4H,2-3H2,1H3. The maximum atomic E-state index is 13.7. The molecule has 0 aliphatic heterocycles. The Morgan fingerprint density at radius 1 is 1.44 bits per heavy atom. The molecule has 0 radical (unpaired) electrons. The summed E-state index contributed by atoms with van der Waals surface area (Å²) in [5.41, 5.74) is 0.843. The van der Waals surface area contributed by atoms with Crippen molar-refractivity contribution in [2.45, 2.75) is 40.2 Å². The van der Waals surface area contributed by atoms with E-state index in [9.17, 15) is 9.18 Å². The van der Waals surface area contributed by atoms with E-state index in [0.717, 1.165) is 12.1 Å². The van der Waals surface area contributed by atoms with Crippen molar-refractivity contribution in [3.63, 3.8) is 0 Å². The van der Waals surface area contributed by atoms with E-state index >= 15 is 0 Å². The number of aromatic nitrogens is 2. The molecule has 0 atom stereocenters. The smallest absolute Gasteiger partial charge is 0.186 e. The van der Waals surface area contributed by atoms with Gasteiger partial charge in [0.1, 0.15) is 16.7 Å². The summed E-state index contributed by atoms with van der Waals surface area (Å²) in [5, 5.41) is 11.7. The van der Waals surface area contributed by atoms with Crippen LogP contribution in [0.3, 0.4) is 0 Å². The van der Waals surface area contributed by atoms with Gasteiger partial charge < -0.3 is 5.41 Å². The van der Waals surface area contributed by atoms with Crippen LogP contribution in [-0.2, 0) is 6.54 Å².